The second-order valence-corrected chi connectivity index (χ2v) is 9.40. The number of carbonyl (C=O) groups is 1. The Bertz CT molecular complexity index is 1440. The highest BCUT2D eigenvalue weighted by molar-refractivity contribution is 7.92. The van der Waals surface area contributed by atoms with E-state index in [9.17, 15) is 17.6 Å². The molecule has 1 heterocycles. The van der Waals surface area contributed by atoms with E-state index in [2.05, 4.69) is 15.0 Å². The molecule has 182 valence electrons. The fourth-order valence-corrected chi connectivity index (χ4v) is 4.68. The third kappa shape index (κ3) is 5.84. The van der Waals surface area contributed by atoms with Crippen molar-refractivity contribution >= 4 is 38.6 Å². The number of benzene rings is 3. The smallest absolute Gasteiger partial charge is 0.261 e. The minimum Gasteiger partial charge on any atom is -0.382 e. The van der Waals surface area contributed by atoms with E-state index >= 15 is 0 Å². The Morgan fingerprint density at radius 3 is 2.60 bits per heavy atom. The maximum Gasteiger partial charge on any atom is 0.261 e. The minimum atomic E-state index is -3.99. The number of anilines is 2. The number of aromatic nitrogens is 2. The van der Waals surface area contributed by atoms with Crippen LogP contribution in [0.5, 0.6) is 0 Å². The molecule has 0 saturated carbocycles. The van der Waals surface area contributed by atoms with Gasteiger partial charge in [0.1, 0.15) is 5.82 Å². The average molecular weight is 497 g/mol. The molecular formula is C25H25FN4O4S. The molecule has 0 atom stereocenters. The van der Waals surface area contributed by atoms with Gasteiger partial charge in [-0.1, -0.05) is 18.2 Å². The van der Waals surface area contributed by atoms with Gasteiger partial charge < -0.3 is 9.30 Å². The Kier molecular flexibility index (Phi) is 7.42. The van der Waals surface area contributed by atoms with Crippen molar-refractivity contribution in [1.29, 1.82) is 0 Å². The van der Waals surface area contributed by atoms with Crippen molar-refractivity contribution in [3.8, 4) is 0 Å². The van der Waals surface area contributed by atoms with Crippen LogP contribution >= 0.6 is 0 Å². The summed E-state index contributed by atoms with van der Waals surface area (Å²) in [6, 6.07) is 18.2. The number of imidazole rings is 1. The van der Waals surface area contributed by atoms with Gasteiger partial charge in [-0.05, 0) is 67.9 Å². The summed E-state index contributed by atoms with van der Waals surface area (Å²) in [6.07, 6.45) is 0.736. The van der Waals surface area contributed by atoms with Crippen LogP contribution in [0.4, 0.5) is 16.0 Å². The highest BCUT2D eigenvalue weighted by Crippen LogP contribution is 2.22. The lowest BCUT2D eigenvalue weighted by Crippen LogP contribution is -2.18. The van der Waals surface area contributed by atoms with Gasteiger partial charge in [0.25, 0.3) is 15.9 Å². The number of para-hydroxylation sites is 2. The van der Waals surface area contributed by atoms with Crippen LogP contribution in [0, 0.1) is 5.82 Å². The second-order valence-electron chi connectivity index (χ2n) is 7.72. The Morgan fingerprint density at radius 2 is 1.83 bits per heavy atom. The van der Waals surface area contributed by atoms with Gasteiger partial charge in [0.15, 0.2) is 0 Å². The molecule has 3 aromatic carbocycles. The Labute approximate surface area is 202 Å². The lowest BCUT2D eigenvalue weighted by atomic mass is 10.2. The van der Waals surface area contributed by atoms with Crippen LogP contribution in [-0.2, 0) is 21.3 Å². The molecule has 0 bridgehead atoms. The van der Waals surface area contributed by atoms with E-state index in [1.54, 1.807) is 0 Å². The van der Waals surface area contributed by atoms with Crippen molar-refractivity contribution in [3.63, 3.8) is 0 Å². The molecule has 1 aromatic heterocycles. The van der Waals surface area contributed by atoms with Gasteiger partial charge in [-0.2, -0.15) is 0 Å². The molecule has 0 spiro atoms. The standard InChI is InChI=1S/C25H25FN4O4S/c1-2-34-16-6-15-30-23-10-4-3-9-22(23)27-25(30)28-24(31)18-7-5-8-21(17-18)35(32,33)29-20-13-11-19(26)12-14-20/h3-5,7-14,17,29H,2,6,15-16H2,1H3,(H,27,28,31). The molecule has 0 aliphatic heterocycles. The summed E-state index contributed by atoms with van der Waals surface area (Å²) >= 11 is 0. The number of sulfonamides is 1. The van der Waals surface area contributed by atoms with E-state index < -0.39 is 21.7 Å². The first kappa shape index (κ1) is 24.4. The molecule has 0 saturated heterocycles. The Balaban J connectivity index is 1.56. The second kappa shape index (κ2) is 10.7. The summed E-state index contributed by atoms with van der Waals surface area (Å²) in [4.78, 5) is 17.5. The lowest BCUT2D eigenvalue weighted by Gasteiger charge is -2.11. The summed E-state index contributed by atoms with van der Waals surface area (Å²) in [5.41, 5.74) is 1.97. The topological polar surface area (TPSA) is 102 Å². The molecule has 1 amide bonds. The first-order chi connectivity index (χ1) is 16.9. The summed E-state index contributed by atoms with van der Waals surface area (Å²) in [5, 5.41) is 2.81. The summed E-state index contributed by atoms with van der Waals surface area (Å²) in [6.45, 7) is 3.73. The zero-order chi connectivity index (χ0) is 24.8. The molecule has 0 radical (unpaired) electrons. The molecule has 0 unspecified atom stereocenters. The van der Waals surface area contributed by atoms with Crippen molar-refractivity contribution in [2.75, 3.05) is 23.3 Å². The van der Waals surface area contributed by atoms with Crippen molar-refractivity contribution in [2.45, 2.75) is 24.8 Å². The maximum absolute atomic E-state index is 13.1. The van der Waals surface area contributed by atoms with Gasteiger partial charge >= 0.3 is 0 Å². The molecule has 0 fully saturated rings. The van der Waals surface area contributed by atoms with Gasteiger partial charge in [0, 0.05) is 31.0 Å². The molecule has 4 rings (SSSR count). The van der Waals surface area contributed by atoms with E-state index in [4.69, 9.17) is 4.74 Å². The number of amides is 1. The van der Waals surface area contributed by atoms with Crippen molar-refractivity contribution in [3.05, 3.63) is 84.2 Å². The summed E-state index contributed by atoms with van der Waals surface area (Å²) < 4.78 is 48.4. The van der Waals surface area contributed by atoms with E-state index in [1.165, 1.54) is 36.4 Å². The summed E-state index contributed by atoms with van der Waals surface area (Å²) in [5.74, 6) is -0.605. The van der Waals surface area contributed by atoms with Gasteiger partial charge in [-0.15, -0.1) is 0 Å². The van der Waals surface area contributed by atoms with Gasteiger partial charge in [0.05, 0.1) is 15.9 Å². The molecule has 8 nitrogen and oxygen atoms in total. The molecule has 2 N–H and O–H groups in total. The third-order valence-electron chi connectivity index (χ3n) is 5.26. The van der Waals surface area contributed by atoms with Crippen LogP contribution in [0.1, 0.15) is 23.7 Å². The summed E-state index contributed by atoms with van der Waals surface area (Å²) in [7, 11) is -3.99. The van der Waals surface area contributed by atoms with E-state index in [1.807, 2.05) is 35.8 Å². The fourth-order valence-electron chi connectivity index (χ4n) is 3.58. The van der Waals surface area contributed by atoms with Crippen LogP contribution in [0.15, 0.2) is 77.7 Å². The molecule has 35 heavy (non-hydrogen) atoms. The first-order valence-electron chi connectivity index (χ1n) is 11.1. The van der Waals surface area contributed by atoms with E-state index in [0.29, 0.717) is 25.7 Å². The Hall–Kier alpha value is -3.76. The number of rotatable bonds is 10. The quantitative estimate of drug-likeness (QED) is 0.311. The lowest BCUT2D eigenvalue weighted by molar-refractivity contribution is 0.102. The maximum atomic E-state index is 13.1. The number of fused-ring (bicyclic) bond motifs is 1. The highest BCUT2D eigenvalue weighted by atomic mass is 32.2. The van der Waals surface area contributed by atoms with Crippen molar-refractivity contribution < 1.29 is 22.3 Å². The number of hydrogen-bond donors (Lipinski definition) is 2. The minimum absolute atomic E-state index is 0.0975. The SMILES string of the molecule is CCOCCCn1c(NC(=O)c2cccc(S(=O)(=O)Nc3ccc(F)cc3)c2)nc2ccccc21. The molecular weight excluding hydrogens is 471 g/mol. The van der Waals surface area contributed by atoms with Crippen LogP contribution < -0.4 is 10.0 Å². The number of nitrogens with zero attached hydrogens (tertiary/aromatic N) is 2. The van der Waals surface area contributed by atoms with Crippen LogP contribution in [0.3, 0.4) is 0 Å². The first-order valence-corrected chi connectivity index (χ1v) is 12.6. The molecule has 0 aliphatic carbocycles. The molecule has 10 heteroatoms. The zero-order valence-corrected chi connectivity index (χ0v) is 19.9. The molecule has 0 aliphatic rings. The average Bonchev–Trinajstić information content (AvgIpc) is 3.20. The van der Waals surface area contributed by atoms with Crippen LogP contribution in [-0.4, -0.2) is 37.1 Å². The predicted molar refractivity (Wildman–Crippen MR) is 132 cm³/mol. The number of ether oxygens (including phenoxy) is 1. The van der Waals surface area contributed by atoms with Crippen molar-refractivity contribution in [2.24, 2.45) is 0 Å². The number of halogens is 1. The van der Waals surface area contributed by atoms with Gasteiger partial charge in [-0.3, -0.25) is 14.8 Å². The predicted octanol–water partition coefficient (Wildman–Crippen LogP) is 4.66. The normalized spacial score (nSPS) is 11.5. The number of hydrogen-bond acceptors (Lipinski definition) is 5. The van der Waals surface area contributed by atoms with Crippen LogP contribution in [0.2, 0.25) is 0 Å². The van der Waals surface area contributed by atoms with Crippen LogP contribution in [0.25, 0.3) is 11.0 Å². The third-order valence-corrected chi connectivity index (χ3v) is 6.64. The van der Waals surface area contributed by atoms with E-state index in [0.717, 1.165) is 29.6 Å². The fraction of sp³-hybridized carbons (Fsp3) is 0.200. The number of aryl methyl sites for hydroxylation is 1. The number of nitrogens with one attached hydrogen (secondary N) is 2. The van der Waals surface area contributed by atoms with Crippen molar-refractivity contribution in [1.82, 2.24) is 9.55 Å². The Morgan fingerprint density at radius 1 is 1.06 bits per heavy atom. The monoisotopic (exact) mass is 496 g/mol. The van der Waals surface area contributed by atoms with Gasteiger partial charge in [0.2, 0.25) is 5.95 Å². The number of carbonyl (C=O) groups excluding carboxylic acids is 1. The van der Waals surface area contributed by atoms with Gasteiger partial charge in [-0.25, -0.2) is 17.8 Å². The zero-order valence-electron chi connectivity index (χ0n) is 19.1. The largest absolute Gasteiger partial charge is 0.382 e. The highest BCUT2D eigenvalue weighted by Gasteiger charge is 2.19. The molecule has 4 aromatic rings. The van der Waals surface area contributed by atoms with E-state index in [-0.39, 0.29) is 16.1 Å².